The maximum Gasteiger partial charge on any atom is 0.165 e. The lowest BCUT2D eigenvalue weighted by Gasteiger charge is -2.07. The molecule has 0 bridgehead atoms. The molecule has 1 N–H and O–H groups in total. The van der Waals surface area contributed by atoms with Crippen LogP contribution < -0.4 is 5.32 Å². The van der Waals surface area contributed by atoms with Gasteiger partial charge in [0.25, 0.3) is 0 Å². The number of hydrogen-bond donors (Lipinski definition) is 1. The summed E-state index contributed by atoms with van der Waals surface area (Å²) in [5.74, 6) is 1.50. The normalized spacial score (nSPS) is 11.1. The van der Waals surface area contributed by atoms with Gasteiger partial charge in [0.15, 0.2) is 5.82 Å². The fraction of sp³-hybridized carbons (Fsp3) is 0.889. The van der Waals surface area contributed by atoms with Crippen molar-refractivity contribution in [3.63, 3.8) is 0 Å². The molecule has 0 saturated carbocycles. The van der Waals surface area contributed by atoms with Crippen molar-refractivity contribution in [2.24, 2.45) is 5.92 Å². The highest BCUT2D eigenvalue weighted by atomic mass is 15.5. The molecule has 0 amide bonds. The standard InChI is InChI=1S/C9H19N5/c1-4-5-10-6-9-11-12-13-14(9)7-8(2)3/h8,10H,4-7H2,1-3H3. The van der Waals surface area contributed by atoms with E-state index >= 15 is 0 Å². The van der Waals surface area contributed by atoms with Gasteiger partial charge >= 0.3 is 0 Å². The number of nitrogens with zero attached hydrogens (tertiary/aromatic N) is 4. The highest BCUT2D eigenvalue weighted by Gasteiger charge is 2.06. The minimum absolute atomic E-state index is 0.573. The van der Waals surface area contributed by atoms with Gasteiger partial charge in [0, 0.05) is 6.54 Å². The Morgan fingerprint density at radius 2 is 2.21 bits per heavy atom. The van der Waals surface area contributed by atoms with Crippen molar-refractivity contribution in [1.29, 1.82) is 0 Å². The maximum absolute atomic E-state index is 3.98. The van der Waals surface area contributed by atoms with Crippen LogP contribution >= 0.6 is 0 Å². The predicted molar refractivity (Wildman–Crippen MR) is 54.7 cm³/mol. The molecule has 0 aliphatic heterocycles. The highest BCUT2D eigenvalue weighted by Crippen LogP contribution is 1.99. The van der Waals surface area contributed by atoms with Crippen molar-refractivity contribution in [2.75, 3.05) is 6.54 Å². The number of rotatable bonds is 6. The van der Waals surface area contributed by atoms with Crippen LogP contribution in [0.3, 0.4) is 0 Å². The third-order valence-electron chi connectivity index (χ3n) is 1.85. The first kappa shape index (κ1) is 11.1. The zero-order valence-corrected chi connectivity index (χ0v) is 9.19. The molecular weight excluding hydrogens is 178 g/mol. The van der Waals surface area contributed by atoms with Crippen LogP contribution in [-0.2, 0) is 13.1 Å². The molecule has 0 radical (unpaired) electrons. The molecule has 0 aliphatic rings. The van der Waals surface area contributed by atoms with E-state index in [1.54, 1.807) is 0 Å². The second kappa shape index (κ2) is 5.70. The zero-order chi connectivity index (χ0) is 10.4. The molecular formula is C9H19N5. The third-order valence-corrected chi connectivity index (χ3v) is 1.85. The van der Waals surface area contributed by atoms with Crippen LogP contribution in [0, 0.1) is 5.92 Å². The third kappa shape index (κ3) is 3.41. The Morgan fingerprint density at radius 1 is 1.43 bits per heavy atom. The summed E-state index contributed by atoms with van der Waals surface area (Å²) in [6.07, 6.45) is 1.13. The molecule has 0 spiro atoms. The van der Waals surface area contributed by atoms with Crippen molar-refractivity contribution in [3.8, 4) is 0 Å². The SMILES string of the molecule is CCCNCc1nnnn1CC(C)C. The summed E-state index contributed by atoms with van der Waals surface area (Å²) in [6, 6.07) is 0. The summed E-state index contributed by atoms with van der Waals surface area (Å²) < 4.78 is 1.87. The molecule has 0 unspecified atom stereocenters. The van der Waals surface area contributed by atoms with Gasteiger partial charge < -0.3 is 5.32 Å². The fourth-order valence-electron chi connectivity index (χ4n) is 1.21. The van der Waals surface area contributed by atoms with Crippen LogP contribution in [0.2, 0.25) is 0 Å². The average molecular weight is 197 g/mol. The van der Waals surface area contributed by atoms with E-state index in [9.17, 15) is 0 Å². The van der Waals surface area contributed by atoms with Gasteiger partial charge in [0.05, 0.1) is 6.54 Å². The molecule has 1 aromatic heterocycles. The Kier molecular flexibility index (Phi) is 4.52. The number of nitrogens with one attached hydrogen (secondary N) is 1. The predicted octanol–water partition coefficient (Wildman–Crippen LogP) is 0.829. The van der Waals surface area contributed by atoms with Crippen LogP contribution in [-0.4, -0.2) is 26.8 Å². The van der Waals surface area contributed by atoms with E-state index in [0.717, 1.165) is 31.9 Å². The van der Waals surface area contributed by atoms with Gasteiger partial charge in [-0.2, -0.15) is 0 Å². The van der Waals surface area contributed by atoms with E-state index in [-0.39, 0.29) is 0 Å². The van der Waals surface area contributed by atoms with Gasteiger partial charge in [-0.1, -0.05) is 20.8 Å². The lowest BCUT2D eigenvalue weighted by Crippen LogP contribution is -2.19. The Hall–Kier alpha value is -0.970. The molecule has 80 valence electrons. The first-order valence-corrected chi connectivity index (χ1v) is 5.19. The second-order valence-corrected chi connectivity index (χ2v) is 3.85. The highest BCUT2D eigenvalue weighted by molar-refractivity contribution is 4.79. The van der Waals surface area contributed by atoms with Gasteiger partial charge in [-0.15, -0.1) is 5.10 Å². The van der Waals surface area contributed by atoms with E-state index in [2.05, 4.69) is 41.6 Å². The monoisotopic (exact) mass is 197 g/mol. The van der Waals surface area contributed by atoms with E-state index < -0.39 is 0 Å². The Bertz CT molecular complexity index is 255. The van der Waals surface area contributed by atoms with E-state index in [4.69, 9.17) is 0 Å². The molecule has 5 heteroatoms. The van der Waals surface area contributed by atoms with Gasteiger partial charge in [-0.3, -0.25) is 0 Å². The van der Waals surface area contributed by atoms with E-state index in [0.29, 0.717) is 5.92 Å². The largest absolute Gasteiger partial charge is 0.310 e. The molecule has 0 fully saturated rings. The van der Waals surface area contributed by atoms with Gasteiger partial charge in [0.2, 0.25) is 0 Å². The summed E-state index contributed by atoms with van der Waals surface area (Å²) in [5.41, 5.74) is 0. The van der Waals surface area contributed by atoms with Crippen molar-refractivity contribution >= 4 is 0 Å². The summed E-state index contributed by atoms with van der Waals surface area (Å²) >= 11 is 0. The smallest absolute Gasteiger partial charge is 0.165 e. The molecule has 1 aromatic rings. The fourth-order valence-corrected chi connectivity index (χ4v) is 1.21. The zero-order valence-electron chi connectivity index (χ0n) is 9.19. The van der Waals surface area contributed by atoms with Crippen LogP contribution in [0.15, 0.2) is 0 Å². The van der Waals surface area contributed by atoms with Crippen molar-refractivity contribution in [1.82, 2.24) is 25.5 Å². The van der Waals surface area contributed by atoms with E-state index in [1.165, 1.54) is 0 Å². The Morgan fingerprint density at radius 3 is 2.86 bits per heavy atom. The summed E-state index contributed by atoms with van der Waals surface area (Å²) in [5, 5.41) is 14.9. The van der Waals surface area contributed by atoms with Gasteiger partial charge in [-0.25, -0.2) is 4.68 Å². The molecule has 0 atom stereocenters. The topological polar surface area (TPSA) is 55.6 Å². The van der Waals surface area contributed by atoms with E-state index in [1.807, 2.05) is 4.68 Å². The van der Waals surface area contributed by atoms with Crippen LogP contribution in [0.4, 0.5) is 0 Å². The van der Waals surface area contributed by atoms with Gasteiger partial charge in [-0.05, 0) is 29.3 Å². The lowest BCUT2D eigenvalue weighted by molar-refractivity contribution is 0.451. The lowest BCUT2D eigenvalue weighted by atomic mass is 10.2. The quantitative estimate of drug-likeness (QED) is 0.686. The van der Waals surface area contributed by atoms with Crippen molar-refractivity contribution in [2.45, 2.75) is 40.3 Å². The molecule has 0 aliphatic carbocycles. The summed E-state index contributed by atoms with van der Waals surface area (Å²) in [4.78, 5) is 0. The Labute approximate surface area is 84.9 Å². The van der Waals surface area contributed by atoms with Crippen LogP contribution in [0.1, 0.15) is 33.0 Å². The first-order chi connectivity index (χ1) is 6.74. The molecule has 1 rings (SSSR count). The molecule has 1 heterocycles. The Balaban J connectivity index is 2.45. The number of tetrazole rings is 1. The number of aromatic nitrogens is 4. The molecule has 0 saturated heterocycles. The second-order valence-electron chi connectivity index (χ2n) is 3.85. The van der Waals surface area contributed by atoms with Gasteiger partial charge in [0.1, 0.15) is 0 Å². The molecule has 14 heavy (non-hydrogen) atoms. The van der Waals surface area contributed by atoms with Crippen molar-refractivity contribution < 1.29 is 0 Å². The molecule has 5 nitrogen and oxygen atoms in total. The summed E-state index contributed by atoms with van der Waals surface area (Å²) in [6.45, 7) is 9.11. The maximum atomic E-state index is 3.98. The minimum Gasteiger partial charge on any atom is -0.310 e. The van der Waals surface area contributed by atoms with Crippen molar-refractivity contribution in [3.05, 3.63) is 5.82 Å². The van der Waals surface area contributed by atoms with Crippen LogP contribution in [0.25, 0.3) is 0 Å². The summed E-state index contributed by atoms with van der Waals surface area (Å²) in [7, 11) is 0. The molecule has 0 aromatic carbocycles. The first-order valence-electron chi connectivity index (χ1n) is 5.19. The average Bonchev–Trinajstić information content (AvgIpc) is 2.52. The van der Waals surface area contributed by atoms with Crippen LogP contribution in [0.5, 0.6) is 0 Å². The minimum atomic E-state index is 0.573. The number of hydrogen-bond acceptors (Lipinski definition) is 4.